The zero-order chi connectivity index (χ0) is 12.8. The van der Waals surface area contributed by atoms with E-state index >= 15 is 0 Å². The molecule has 0 aromatic carbocycles. The molecule has 1 aliphatic carbocycles. The van der Waals surface area contributed by atoms with E-state index in [0.29, 0.717) is 12.0 Å². The number of rotatable bonds is 4. The molecule has 2 N–H and O–H groups in total. The van der Waals surface area contributed by atoms with E-state index in [0.717, 1.165) is 37.6 Å². The maximum atomic E-state index is 12.0. The van der Waals surface area contributed by atoms with Gasteiger partial charge in [-0.05, 0) is 57.4 Å². The van der Waals surface area contributed by atoms with Crippen molar-refractivity contribution in [1.82, 2.24) is 10.6 Å². The predicted octanol–water partition coefficient (Wildman–Crippen LogP) is 2.17. The first kappa shape index (κ1) is 14.2. The second-order valence-corrected chi connectivity index (χ2v) is 6.82. The molecule has 104 valence electrons. The molecule has 3 nitrogen and oxygen atoms in total. The molecule has 0 spiro atoms. The smallest absolute Gasteiger partial charge is 0.220 e. The van der Waals surface area contributed by atoms with Crippen molar-refractivity contribution in [2.24, 2.45) is 5.92 Å². The lowest BCUT2D eigenvalue weighted by atomic mass is 9.92. The number of thioether (sulfide) groups is 1. The number of carbonyl (C=O) groups is 1. The highest BCUT2D eigenvalue weighted by Crippen LogP contribution is 2.27. The van der Waals surface area contributed by atoms with Gasteiger partial charge in [0.25, 0.3) is 0 Å². The summed E-state index contributed by atoms with van der Waals surface area (Å²) < 4.78 is 0. The predicted molar refractivity (Wildman–Crippen MR) is 77.9 cm³/mol. The average molecular weight is 270 g/mol. The maximum Gasteiger partial charge on any atom is 0.220 e. The molecular formula is C14H26N2OS. The Kier molecular flexibility index (Phi) is 5.83. The van der Waals surface area contributed by atoms with Gasteiger partial charge in [0.2, 0.25) is 5.91 Å². The van der Waals surface area contributed by atoms with Gasteiger partial charge in [-0.1, -0.05) is 6.42 Å². The summed E-state index contributed by atoms with van der Waals surface area (Å²) in [6.07, 6.45) is 10.2. The van der Waals surface area contributed by atoms with Crippen molar-refractivity contribution in [1.29, 1.82) is 0 Å². The summed E-state index contributed by atoms with van der Waals surface area (Å²) in [5.74, 6) is 0.889. The van der Waals surface area contributed by atoms with Crippen LogP contribution >= 0.6 is 11.8 Å². The molecule has 2 atom stereocenters. The van der Waals surface area contributed by atoms with Crippen molar-refractivity contribution in [3.8, 4) is 0 Å². The van der Waals surface area contributed by atoms with E-state index in [4.69, 9.17) is 0 Å². The molecule has 18 heavy (non-hydrogen) atoms. The molecule has 1 aliphatic heterocycles. The molecule has 4 heteroatoms. The number of piperidine rings is 1. The first-order chi connectivity index (χ1) is 8.78. The molecule has 0 aromatic rings. The van der Waals surface area contributed by atoms with Crippen molar-refractivity contribution in [2.45, 2.75) is 56.2 Å². The Morgan fingerprint density at radius 1 is 1.28 bits per heavy atom. The van der Waals surface area contributed by atoms with Crippen LogP contribution < -0.4 is 10.6 Å². The van der Waals surface area contributed by atoms with E-state index in [1.165, 1.54) is 25.7 Å². The zero-order valence-corrected chi connectivity index (χ0v) is 12.2. The Hall–Kier alpha value is -0.220. The van der Waals surface area contributed by atoms with Crippen molar-refractivity contribution >= 4 is 17.7 Å². The Labute approximate surface area is 115 Å². The lowest BCUT2D eigenvalue weighted by Crippen LogP contribution is -2.40. The summed E-state index contributed by atoms with van der Waals surface area (Å²) >= 11 is 1.95. The molecular weight excluding hydrogens is 244 g/mol. The SMILES string of the molecule is CSC1CCCC(NC(=O)CC2CCNCC2)C1. The van der Waals surface area contributed by atoms with Crippen LogP contribution in [0.3, 0.4) is 0 Å². The van der Waals surface area contributed by atoms with Crippen molar-refractivity contribution < 1.29 is 4.79 Å². The summed E-state index contributed by atoms with van der Waals surface area (Å²) in [7, 11) is 0. The largest absolute Gasteiger partial charge is 0.353 e. The van der Waals surface area contributed by atoms with E-state index in [2.05, 4.69) is 16.9 Å². The number of hydrogen-bond acceptors (Lipinski definition) is 3. The molecule has 2 fully saturated rings. The number of amides is 1. The molecule has 2 rings (SSSR count). The quantitative estimate of drug-likeness (QED) is 0.822. The lowest BCUT2D eigenvalue weighted by molar-refractivity contribution is -0.123. The van der Waals surface area contributed by atoms with E-state index in [1.54, 1.807) is 0 Å². The fraction of sp³-hybridized carbons (Fsp3) is 0.929. The Morgan fingerprint density at radius 2 is 2.06 bits per heavy atom. The summed E-state index contributed by atoms with van der Waals surface area (Å²) in [6.45, 7) is 2.16. The lowest BCUT2D eigenvalue weighted by Gasteiger charge is -2.29. The first-order valence-electron chi connectivity index (χ1n) is 7.31. The van der Waals surface area contributed by atoms with Crippen molar-refractivity contribution in [2.75, 3.05) is 19.3 Å². The van der Waals surface area contributed by atoms with Gasteiger partial charge in [-0.2, -0.15) is 11.8 Å². The van der Waals surface area contributed by atoms with Crippen LogP contribution in [0, 0.1) is 5.92 Å². The molecule has 1 amide bonds. The molecule has 2 aliphatic rings. The second kappa shape index (κ2) is 7.39. The molecule has 1 saturated carbocycles. The van der Waals surface area contributed by atoms with Crippen LogP contribution in [0.5, 0.6) is 0 Å². The highest BCUT2D eigenvalue weighted by Gasteiger charge is 2.24. The number of hydrogen-bond donors (Lipinski definition) is 2. The molecule has 0 bridgehead atoms. The van der Waals surface area contributed by atoms with Crippen LogP contribution in [-0.4, -0.2) is 36.5 Å². The van der Waals surface area contributed by atoms with E-state index in [1.807, 2.05) is 11.8 Å². The molecule has 2 unspecified atom stereocenters. The summed E-state index contributed by atoms with van der Waals surface area (Å²) in [4.78, 5) is 12.0. The van der Waals surface area contributed by atoms with E-state index in [9.17, 15) is 4.79 Å². The van der Waals surface area contributed by atoms with Crippen LogP contribution in [0.2, 0.25) is 0 Å². The minimum Gasteiger partial charge on any atom is -0.353 e. The van der Waals surface area contributed by atoms with Gasteiger partial charge in [-0.25, -0.2) is 0 Å². The zero-order valence-electron chi connectivity index (χ0n) is 11.4. The number of carbonyl (C=O) groups excluding carboxylic acids is 1. The summed E-state index contributed by atoms with van der Waals surface area (Å²) in [6, 6.07) is 0.436. The fourth-order valence-electron chi connectivity index (χ4n) is 3.12. The monoisotopic (exact) mass is 270 g/mol. The maximum absolute atomic E-state index is 12.0. The van der Waals surface area contributed by atoms with Gasteiger partial charge < -0.3 is 10.6 Å². The Balaban J connectivity index is 1.69. The third-order valence-electron chi connectivity index (χ3n) is 4.26. The average Bonchev–Trinajstić information content (AvgIpc) is 2.40. The van der Waals surface area contributed by atoms with Crippen LogP contribution in [-0.2, 0) is 4.79 Å². The summed E-state index contributed by atoms with van der Waals surface area (Å²) in [5, 5.41) is 7.36. The normalized spacial score (nSPS) is 30.1. The summed E-state index contributed by atoms with van der Waals surface area (Å²) in [5.41, 5.74) is 0. The minimum absolute atomic E-state index is 0.286. The van der Waals surface area contributed by atoms with Gasteiger partial charge in [0, 0.05) is 17.7 Å². The third kappa shape index (κ3) is 4.47. The second-order valence-electron chi connectivity index (χ2n) is 5.69. The van der Waals surface area contributed by atoms with Gasteiger partial charge >= 0.3 is 0 Å². The molecule has 1 heterocycles. The van der Waals surface area contributed by atoms with Gasteiger partial charge in [-0.3, -0.25) is 4.79 Å². The van der Waals surface area contributed by atoms with E-state index < -0.39 is 0 Å². The number of nitrogens with one attached hydrogen (secondary N) is 2. The van der Waals surface area contributed by atoms with Crippen LogP contribution in [0.1, 0.15) is 44.9 Å². The van der Waals surface area contributed by atoms with Crippen molar-refractivity contribution in [3.05, 3.63) is 0 Å². The Morgan fingerprint density at radius 3 is 2.78 bits per heavy atom. The van der Waals surface area contributed by atoms with Crippen molar-refractivity contribution in [3.63, 3.8) is 0 Å². The highest BCUT2D eigenvalue weighted by atomic mass is 32.2. The van der Waals surface area contributed by atoms with E-state index in [-0.39, 0.29) is 5.91 Å². The Bertz CT molecular complexity index is 267. The fourth-order valence-corrected chi connectivity index (χ4v) is 3.95. The molecule has 1 saturated heterocycles. The standard InChI is InChI=1S/C14H26N2OS/c1-18-13-4-2-3-12(10-13)16-14(17)9-11-5-7-15-8-6-11/h11-13,15H,2-10H2,1H3,(H,16,17). The molecule has 0 radical (unpaired) electrons. The first-order valence-corrected chi connectivity index (χ1v) is 8.59. The van der Waals surface area contributed by atoms with Crippen LogP contribution in [0.15, 0.2) is 0 Å². The van der Waals surface area contributed by atoms with Gasteiger partial charge in [-0.15, -0.1) is 0 Å². The van der Waals surface area contributed by atoms with Gasteiger partial charge in [0.15, 0.2) is 0 Å². The van der Waals surface area contributed by atoms with Gasteiger partial charge in [0.05, 0.1) is 0 Å². The molecule has 0 aromatic heterocycles. The van der Waals surface area contributed by atoms with Crippen LogP contribution in [0.4, 0.5) is 0 Å². The third-order valence-corrected chi connectivity index (χ3v) is 5.35. The minimum atomic E-state index is 0.286. The van der Waals surface area contributed by atoms with Crippen LogP contribution in [0.25, 0.3) is 0 Å². The highest BCUT2D eigenvalue weighted by molar-refractivity contribution is 7.99. The topological polar surface area (TPSA) is 41.1 Å². The van der Waals surface area contributed by atoms with Gasteiger partial charge in [0.1, 0.15) is 0 Å².